The lowest BCUT2D eigenvalue weighted by Crippen LogP contribution is -2.46. The Morgan fingerprint density at radius 2 is 1.72 bits per heavy atom. The third kappa shape index (κ3) is 5.48. The van der Waals surface area contributed by atoms with Crippen molar-refractivity contribution in [1.82, 2.24) is 10.2 Å². The van der Waals surface area contributed by atoms with Gasteiger partial charge in [0.25, 0.3) is 5.91 Å². The monoisotopic (exact) mass is 492 g/mol. The van der Waals surface area contributed by atoms with Crippen molar-refractivity contribution < 1.29 is 28.2 Å². The number of methoxy groups -OCH3 is 3. The fourth-order valence-corrected chi connectivity index (χ4v) is 4.68. The van der Waals surface area contributed by atoms with E-state index in [4.69, 9.17) is 18.6 Å². The smallest absolute Gasteiger partial charge is 0.290 e. The first kappa shape index (κ1) is 25.2. The molecule has 0 aliphatic heterocycles. The van der Waals surface area contributed by atoms with Gasteiger partial charge in [0.1, 0.15) is 11.8 Å². The van der Waals surface area contributed by atoms with E-state index in [-0.39, 0.29) is 24.3 Å². The van der Waals surface area contributed by atoms with E-state index in [1.807, 2.05) is 24.3 Å². The number of furan rings is 1. The van der Waals surface area contributed by atoms with E-state index in [2.05, 4.69) is 5.32 Å². The molecule has 1 saturated carbocycles. The van der Waals surface area contributed by atoms with Crippen LogP contribution in [0, 0.1) is 0 Å². The largest absolute Gasteiger partial charge is 0.497 e. The first-order valence-corrected chi connectivity index (χ1v) is 12.0. The minimum atomic E-state index is -0.990. The number of ether oxygens (including phenoxy) is 3. The van der Waals surface area contributed by atoms with Gasteiger partial charge in [0.15, 0.2) is 17.3 Å². The Kier molecular flexibility index (Phi) is 8.15. The number of nitrogens with zero attached hydrogens (tertiary/aromatic N) is 1. The van der Waals surface area contributed by atoms with Crippen molar-refractivity contribution in [2.45, 2.75) is 44.3 Å². The number of para-hydroxylation sites is 1. The summed E-state index contributed by atoms with van der Waals surface area (Å²) in [4.78, 5) is 29.2. The molecule has 4 rings (SSSR count). The zero-order valence-corrected chi connectivity index (χ0v) is 20.9. The maximum Gasteiger partial charge on any atom is 0.290 e. The second-order valence-electron chi connectivity index (χ2n) is 8.73. The summed E-state index contributed by atoms with van der Waals surface area (Å²) in [5, 5.41) is 3.17. The molecule has 1 N–H and O–H groups in total. The van der Waals surface area contributed by atoms with E-state index in [0.29, 0.717) is 22.8 Å². The zero-order chi connectivity index (χ0) is 25.5. The van der Waals surface area contributed by atoms with Crippen molar-refractivity contribution in [3.8, 4) is 17.2 Å². The molecule has 1 heterocycles. The van der Waals surface area contributed by atoms with Gasteiger partial charge in [-0.05, 0) is 48.7 Å². The Balaban J connectivity index is 1.81. The molecule has 1 atom stereocenters. The Labute approximate surface area is 211 Å². The lowest BCUT2D eigenvalue weighted by Gasteiger charge is -2.32. The predicted molar refractivity (Wildman–Crippen MR) is 134 cm³/mol. The number of carbonyl (C=O) groups excluding carboxylic acids is 2. The van der Waals surface area contributed by atoms with Gasteiger partial charge < -0.3 is 28.8 Å². The highest BCUT2D eigenvalue weighted by Crippen LogP contribution is 2.38. The van der Waals surface area contributed by atoms with Gasteiger partial charge in [-0.15, -0.1) is 0 Å². The molecular formula is C28H32N2O6. The molecule has 0 bridgehead atoms. The Bertz CT molecular complexity index is 1150. The van der Waals surface area contributed by atoms with Crippen LogP contribution in [0.15, 0.2) is 65.3 Å². The van der Waals surface area contributed by atoms with Crippen LogP contribution in [0.3, 0.4) is 0 Å². The van der Waals surface area contributed by atoms with Crippen LogP contribution in [0.25, 0.3) is 0 Å². The van der Waals surface area contributed by atoms with Gasteiger partial charge >= 0.3 is 0 Å². The molecule has 2 amide bonds. The summed E-state index contributed by atoms with van der Waals surface area (Å²) in [7, 11) is 4.66. The van der Waals surface area contributed by atoms with E-state index < -0.39 is 11.9 Å². The second kappa shape index (κ2) is 11.7. The van der Waals surface area contributed by atoms with Crippen molar-refractivity contribution in [2.24, 2.45) is 0 Å². The maximum atomic E-state index is 13.9. The molecule has 190 valence electrons. The van der Waals surface area contributed by atoms with E-state index >= 15 is 0 Å². The van der Waals surface area contributed by atoms with Gasteiger partial charge in [-0.3, -0.25) is 9.59 Å². The second-order valence-corrected chi connectivity index (χ2v) is 8.73. The number of hydrogen-bond acceptors (Lipinski definition) is 6. The van der Waals surface area contributed by atoms with Crippen LogP contribution in [0.4, 0.5) is 0 Å². The first-order chi connectivity index (χ1) is 17.5. The van der Waals surface area contributed by atoms with E-state index in [1.54, 1.807) is 44.6 Å². The Morgan fingerprint density at radius 1 is 0.972 bits per heavy atom. The SMILES string of the molecule is COc1ccc(CN(C(=O)c2ccco2)C(C(=O)NC2CCCC2)c2cccc(OC)c2OC)cc1. The molecule has 3 aromatic rings. The summed E-state index contributed by atoms with van der Waals surface area (Å²) in [5.41, 5.74) is 1.36. The molecular weight excluding hydrogens is 460 g/mol. The summed E-state index contributed by atoms with van der Waals surface area (Å²) >= 11 is 0. The molecule has 0 spiro atoms. The van der Waals surface area contributed by atoms with Gasteiger partial charge in [-0.25, -0.2) is 0 Å². The Morgan fingerprint density at radius 3 is 2.33 bits per heavy atom. The topological polar surface area (TPSA) is 90.2 Å². The fraction of sp³-hybridized carbons (Fsp3) is 0.357. The van der Waals surface area contributed by atoms with Crippen molar-refractivity contribution >= 4 is 11.8 Å². The van der Waals surface area contributed by atoms with Crippen LogP contribution in [0.1, 0.15) is 53.4 Å². The summed E-state index contributed by atoms with van der Waals surface area (Å²) in [5.74, 6) is 1.04. The summed E-state index contributed by atoms with van der Waals surface area (Å²) in [6.07, 6.45) is 5.41. The highest BCUT2D eigenvalue weighted by Gasteiger charge is 2.37. The summed E-state index contributed by atoms with van der Waals surface area (Å²) < 4.78 is 21.9. The van der Waals surface area contributed by atoms with Crippen LogP contribution in [-0.2, 0) is 11.3 Å². The summed E-state index contributed by atoms with van der Waals surface area (Å²) in [6, 6.07) is 15.0. The minimum Gasteiger partial charge on any atom is -0.497 e. The van der Waals surface area contributed by atoms with E-state index in [9.17, 15) is 9.59 Å². The van der Waals surface area contributed by atoms with Crippen LogP contribution < -0.4 is 19.5 Å². The molecule has 1 unspecified atom stereocenters. The predicted octanol–water partition coefficient (Wildman–Crippen LogP) is 4.75. The van der Waals surface area contributed by atoms with Gasteiger partial charge in [0, 0.05) is 18.2 Å². The van der Waals surface area contributed by atoms with Crippen molar-refractivity contribution in [2.75, 3.05) is 21.3 Å². The van der Waals surface area contributed by atoms with Gasteiger partial charge in [0.2, 0.25) is 5.91 Å². The molecule has 0 radical (unpaired) electrons. The summed E-state index contributed by atoms with van der Waals surface area (Å²) in [6.45, 7) is 0.159. The molecule has 8 nitrogen and oxygen atoms in total. The lowest BCUT2D eigenvalue weighted by atomic mass is 10.00. The quantitative estimate of drug-likeness (QED) is 0.439. The van der Waals surface area contributed by atoms with E-state index in [1.165, 1.54) is 18.3 Å². The highest BCUT2D eigenvalue weighted by molar-refractivity contribution is 5.96. The number of benzene rings is 2. The number of nitrogens with one attached hydrogen (secondary N) is 1. The molecule has 2 aromatic carbocycles. The maximum absolute atomic E-state index is 13.9. The number of hydrogen-bond donors (Lipinski definition) is 1. The fourth-order valence-electron chi connectivity index (χ4n) is 4.68. The Hall–Kier alpha value is -3.94. The number of amides is 2. The molecule has 8 heteroatoms. The lowest BCUT2D eigenvalue weighted by molar-refractivity contribution is -0.126. The normalized spacial score (nSPS) is 14.2. The molecule has 1 aliphatic carbocycles. The van der Waals surface area contributed by atoms with Crippen LogP contribution >= 0.6 is 0 Å². The zero-order valence-electron chi connectivity index (χ0n) is 20.9. The van der Waals surface area contributed by atoms with Crippen molar-refractivity contribution in [3.05, 3.63) is 77.7 Å². The third-order valence-electron chi connectivity index (χ3n) is 6.49. The highest BCUT2D eigenvalue weighted by atomic mass is 16.5. The van der Waals surface area contributed by atoms with Gasteiger partial charge in [-0.2, -0.15) is 0 Å². The van der Waals surface area contributed by atoms with E-state index in [0.717, 1.165) is 31.2 Å². The van der Waals surface area contributed by atoms with Crippen LogP contribution in [0.5, 0.6) is 17.2 Å². The van der Waals surface area contributed by atoms with Crippen molar-refractivity contribution in [1.29, 1.82) is 0 Å². The van der Waals surface area contributed by atoms with Crippen molar-refractivity contribution in [3.63, 3.8) is 0 Å². The molecule has 0 saturated heterocycles. The molecule has 1 aromatic heterocycles. The standard InChI is InChI=1S/C28H32N2O6/c1-33-21-15-13-19(14-16-21)18-30(28(32)24-12-7-17-36-24)25(27(31)29-20-8-4-5-9-20)22-10-6-11-23(34-2)26(22)35-3/h6-7,10-17,20,25H,4-5,8-9,18H2,1-3H3,(H,29,31). The third-order valence-corrected chi connectivity index (χ3v) is 6.49. The number of rotatable bonds is 10. The van der Waals surface area contributed by atoms with Crippen LogP contribution in [0.2, 0.25) is 0 Å². The minimum absolute atomic E-state index is 0.0677. The average Bonchev–Trinajstić information content (AvgIpc) is 3.63. The van der Waals surface area contributed by atoms with Gasteiger partial charge in [0.05, 0.1) is 27.6 Å². The average molecular weight is 493 g/mol. The van der Waals surface area contributed by atoms with Gasteiger partial charge in [-0.1, -0.05) is 37.1 Å². The molecule has 1 fully saturated rings. The van der Waals surface area contributed by atoms with Crippen LogP contribution in [-0.4, -0.2) is 44.1 Å². The first-order valence-electron chi connectivity index (χ1n) is 12.0. The number of carbonyl (C=O) groups is 2. The molecule has 1 aliphatic rings. The molecule has 36 heavy (non-hydrogen) atoms.